The summed E-state index contributed by atoms with van der Waals surface area (Å²) in [4.78, 5) is 12.1. The third-order valence-corrected chi connectivity index (χ3v) is 3.24. The molecule has 0 atom stereocenters. The molecule has 1 aromatic heterocycles. The molecule has 1 heterocycles. The summed E-state index contributed by atoms with van der Waals surface area (Å²) in [5.74, 6) is -0.0805. The van der Waals surface area contributed by atoms with E-state index in [2.05, 4.69) is 21.6 Å². The van der Waals surface area contributed by atoms with Crippen molar-refractivity contribution in [1.29, 1.82) is 0 Å². The Morgan fingerprint density at radius 1 is 1.25 bits per heavy atom. The highest BCUT2D eigenvalue weighted by atomic mass is 16.1. The zero-order chi connectivity index (χ0) is 13.9. The molecule has 0 saturated carbocycles. The first kappa shape index (κ1) is 12.4. The van der Waals surface area contributed by atoms with Crippen LogP contribution in [0.5, 0.6) is 0 Å². The SMILES string of the molecule is Cc1cccc(CNC(=O)c2ccc3cn[nH]c3c2)c1. The van der Waals surface area contributed by atoms with Crippen molar-refractivity contribution in [2.24, 2.45) is 0 Å². The first-order valence-electron chi connectivity index (χ1n) is 6.49. The number of hydrogen-bond donors (Lipinski definition) is 2. The van der Waals surface area contributed by atoms with Crippen LogP contribution < -0.4 is 5.32 Å². The molecule has 0 aliphatic rings. The van der Waals surface area contributed by atoms with E-state index in [4.69, 9.17) is 0 Å². The van der Waals surface area contributed by atoms with Gasteiger partial charge < -0.3 is 5.32 Å². The Morgan fingerprint density at radius 2 is 2.15 bits per heavy atom. The second-order valence-corrected chi connectivity index (χ2v) is 4.84. The van der Waals surface area contributed by atoms with Gasteiger partial charge in [-0.2, -0.15) is 5.10 Å². The quantitative estimate of drug-likeness (QED) is 0.765. The van der Waals surface area contributed by atoms with Crippen molar-refractivity contribution in [3.05, 3.63) is 65.4 Å². The fourth-order valence-corrected chi connectivity index (χ4v) is 2.18. The van der Waals surface area contributed by atoms with Gasteiger partial charge in [0.05, 0.1) is 11.7 Å². The second-order valence-electron chi connectivity index (χ2n) is 4.84. The summed E-state index contributed by atoms with van der Waals surface area (Å²) in [7, 11) is 0. The summed E-state index contributed by atoms with van der Waals surface area (Å²) in [5.41, 5.74) is 3.79. The molecular formula is C16H15N3O. The van der Waals surface area contributed by atoms with Crippen LogP contribution >= 0.6 is 0 Å². The number of H-pyrrole nitrogens is 1. The maximum Gasteiger partial charge on any atom is 0.251 e. The van der Waals surface area contributed by atoms with Crippen molar-refractivity contribution in [2.75, 3.05) is 0 Å². The van der Waals surface area contributed by atoms with Crippen LogP contribution in [0.15, 0.2) is 48.7 Å². The molecule has 0 aliphatic heterocycles. The summed E-state index contributed by atoms with van der Waals surface area (Å²) in [6.07, 6.45) is 1.74. The fourth-order valence-electron chi connectivity index (χ4n) is 2.18. The molecule has 0 fully saturated rings. The molecule has 0 saturated heterocycles. The Balaban J connectivity index is 1.72. The molecule has 4 nitrogen and oxygen atoms in total. The highest BCUT2D eigenvalue weighted by molar-refractivity contribution is 5.97. The van der Waals surface area contributed by atoms with Crippen molar-refractivity contribution in [3.8, 4) is 0 Å². The van der Waals surface area contributed by atoms with Crippen molar-refractivity contribution in [3.63, 3.8) is 0 Å². The average Bonchev–Trinajstić information content (AvgIpc) is 2.92. The largest absolute Gasteiger partial charge is 0.348 e. The Bertz CT molecular complexity index is 761. The number of amides is 1. The zero-order valence-corrected chi connectivity index (χ0v) is 11.2. The van der Waals surface area contributed by atoms with Gasteiger partial charge in [0, 0.05) is 17.5 Å². The third-order valence-electron chi connectivity index (χ3n) is 3.24. The Labute approximate surface area is 116 Å². The minimum atomic E-state index is -0.0805. The number of benzene rings is 2. The molecule has 2 aromatic carbocycles. The molecule has 1 amide bonds. The lowest BCUT2D eigenvalue weighted by molar-refractivity contribution is 0.0951. The van der Waals surface area contributed by atoms with E-state index in [1.165, 1.54) is 5.56 Å². The number of nitrogens with zero attached hydrogens (tertiary/aromatic N) is 1. The molecule has 4 heteroatoms. The molecule has 0 bridgehead atoms. The molecule has 100 valence electrons. The van der Waals surface area contributed by atoms with Crippen LogP contribution in [0.4, 0.5) is 0 Å². The normalized spacial score (nSPS) is 10.7. The minimum absolute atomic E-state index is 0.0805. The van der Waals surface area contributed by atoms with Gasteiger partial charge in [0.25, 0.3) is 5.91 Å². The fraction of sp³-hybridized carbons (Fsp3) is 0.125. The van der Waals surface area contributed by atoms with Crippen LogP contribution in [0, 0.1) is 6.92 Å². The summed E-state index contributed by atoms with van der Waals surface area (Å²) in [6.45, 7) is 2.57. The number of hydrogen-bond acceptors (Lipinski definition) is 2. The van der Waals surface area contributed by atoms with E-state index in [0.717, 1.165) is 16.5 Å². The topological polar surface area (TPSA) is 57.8 Å². The van der Waals surface area contributed by atoms with Crippen LogP contribution in [0.3, 0.4) is 0 Å². The lowest BCUT2D eigenvalue weighted by atomic mass is 10.1. The molecule has 0 radical (unpaired) electrons. The van der Waals surface area contributed by atoms with Crippen LogP contribution in [-0.2, 0) is 6.54 Å². The van der Waals surface area contributed by atoms with Gasteiger partial charge in [-0.1, -0.05) is 35.9 Å². The number of carbonyl (C=O) groups excluding carboxylic acids is 1. The summed E-state index contributed by atoms with van der Waals surface area (Å²) < 4.78 is 0. The Hall–Kier alpha value is -2.62. The molecule has 2 N–H and O–H groups in total. The number of aromatic amines is 1. The van der Waals surface area contributed by atoms with E-state index in [-0.39, 0.29) is 5.91 Å². The van der Waals surface area contributed by atoms with E-state index in [1.54, 1.807) is 6.20 Å². The van der Waals surface area contributed by atoms with Gasteiger partial charge in [-0.3, -0.25) is 9.89 Å². The van der Waals surface area contributed by atoms with Crippen molar-refractivity contribution < 1.29 is 4.79 Å². The van der Waals surface area contributed by atoms with Gasteiger partial charge in [0.2, 0.25) is 0 Å². The molecule has 0 aliphatic carbocycles. The van der Waals surface area contributed by atoms with E-state index in [9.17, 15) is 4.79 Å². The minimum Gasteiger partial charge on any atom is -0.348 e. The van der Waals surface area contributed by atoms with Crippen LogP contribution in [0.1, 0.15) is 21.5 Å². The van der Waals surface area contributed by atoms with E-state index < -0.39 is 0 Å². The van der Waals surface area contributed by atoms with Crippen LogP contribution in [0.2, 0.25) is 0 Å². The van der Waals surface area contributed by atoms with Gasteiger partial charge in [0.1, 0.15) is 0 Å². The number of carbonyl (C=O) groups is 1. The first-order valence-corrected chi connectivity index (χ1v) is 6.49. The van der Waals surface area contributed by atoms with Gasteiger partial charge in [-0.25, -0.2) is 0 Å². The van der Waals surface area contributed by atoms with E-state index >= 15 is 0 Å². The number of aromatic nitrogens is 2. The molecule has 3 rings (SSSR count). The smallest absolute Gasteiger partial charge is 0.251 e. The lowest BCUT2D eigenvalue weighted by Gasteiger charge is -2.06. The maximum atomic E-state index is 12.1. The molecule has 0 unspecified atom stereocenters. The van der Waals surface area contributed by atoms with Crippen molar-refractivity contribution in [2.45, 2.75) is 13.5 Å². The summed E-state index contributed by atoms with van der Waals surface area (Å²) in [6, 6.07) is 13.6. The maximum absolute atomic E-state index is 12.1. The standard InChI is InChI=1S/C16H15N3O/c1-11-3-2-4-12(7-11)9-17-16(20)13-5-6-14-10-18-19-15(14)8-13/h2-8,10H,9H2,1H3,(H,17,20)(H,18,19). The first-order chi connectivity index (χ1) is 9.72. The van der Waals surface area contributed by atoms with Gasteiger partial charge in [-0.15, -0.1) is 0 Å². The third kappa shape index (κ3) is 2.54. The van der Waals surface area contributed by atoms with Crippen molar-refractivity contribution >= 4 is 16.8 Å². The zero-order valence-electron chi connectivity index (χ0n) is 11.2. The predicted octanol–water partition coefficient (Wildman–Crippen LogP) is 2.80. The number of fused-ring (bicyclic) bond motifs is 1. The molecule has 0 spiro atoms. The van der Waals surface area contributed by atoms with Crippen molar-refractivity contribution in [1.82, 2.24) is 15.5 Å². The second kappa shape index (κ2) is 5.17. The van der Waals surface area contributed by atoms with E-state index in [0.29, 0.717) is 12.1 Å². The Kier molecular flexibility index (Phi) is 3.21. The highest BCUT2D eigenvalue weighted by Crippen LogP contribution is 2.13. The number of nitrogens with one attached hydrogen (secondary N) is 2. The average molecular weight is 265 g/mol. The predicted molar refractivity (Wildman–Crippen MR) is 78.4 cm³/mol. The number of aryl methyl sites for hydroxylation is 1. The van der Waals surface area contributed by atoms with Crippen LogP contribution in [-0.4, -0.2) is 16.1 Å². The lowest BCUT2D eigenvalue weighted by Crippen LogP contribution is -2.22. The Morgan fingerprint density at radius 3 is 3.00 bits per heavy atom. The van der Waals surface area contributed by atoms with Gasteiger partial charge >= 0.3 is 0 Å². The summed E-state index contributed by atoms with van der Waals surface area (Å²) >= 11 is 0. The van der Waals surface area contributed by atoms with E-state index in [1.807, 2.05) is 43.3 Å². The monoisotopic (exact) mass is 265 g/mol. The van der Waals surface area contributed by atoms with Gasteiger partial charge in [0.15, 0.2) is 0 Å². The highest BCUT2D eigenvalue weighted by Gasteiger charge is 2.07. The molecule has 3 aromatic rings. The molecular weight excluding hydrogens is 250 g/mol. The summed E-state index contributed by atoms with van der Waals surface area (Å²) in [5, 5.41) is 10.7. The van der Waals surface area contributed by atoms with Gasteiger partial charge in [-0.05, 0) is 24.6 Å². The number of rotatable bonds is 3. The molecule has 20 heavy (non-hydrogen) atoms. The van der Waals surface area contributed by atoms with Crippen LogP contribution in [0.25, 0.3) is 10.9 Å².